The van der Waals surface area contributed by atoms with Crippen LogP contribution in [0.1, 0.15) is 37.0 Å². The van der Waals surface area contributed by atoms with Gasteiger partial charge in [0.25, 0.3) is 0 Å². The Morgan fingerprint density at radius 3 is 2.83 bits per heavy atom. The van der Waals surface area contributed by atoms with Crippen molar-refractivity contribution < 1.29 is 9.47 Å². The molecule has 2 aliphatic heterocycles. The van der Waals surface area contributed by atoms with Crippen molar-refractivity contribution in [3.05, 3.63) is 41.4 Å². The summed E-state index contributed by atoms with van der Waals surface area (Å²) in [5.41, 5.74) is 3.25. The fourth-order valence-corrected chi connectivity index (χ4v) is 7.73. The molecule has 3 aromatic heterocycles. The van der Waals surface area contributed by atoms with Gasteiger partial charge in [-0.2, -0.15) is 0 Å². The van der Waals surface area contributed by atoms with Gasteiger partial charge in [-0.1, -0.05) is 12.1 Å². The van der Waals surface area contributed by atoms with Crippen LogP contribution in [-0.2, 0) is 16.0 Å². The van der Waals surface area contributed by atoms with E-state index >= 15 is 0 Å². The number of fused-ring (bicyclic) bond motifs is 2. The normalized spacial score (nSPS) is 20.8. The molecule has 1 saturated carbocycles. The summed E-state index contributed by atoms with van der Waals surface area (Å²) in [5, 5.41) is 1.16. The van der Waals surface area contributed by atoms with Gasteiger partial charge < -0.3 is 19.4 Å². The Morgan fingerprint density at radius 2 is 1.98 bits per heavy atom. The highest BCUT2D eigenvalue weighted by atomic mass is 32.1. The first-order valence-corrected chi connectivity index (χ1v) is 16.2. The molecule has 1 N–H and O–H groups in total. The van der Waals surface area contributed by atoms with Crippen LogP contribution in [0.5, 0.6) is 0 Å². The molecule has 1 aromatic carbocycles. The zero-order valence-corrected chi connectivity index (χ0v) is 25.0. The molecule has 218 valence electrons. The van der Waals surface area contributed by atoms with Crippen molar-refractivity contribution >= 4 is 38.3 Å². The predicted octanol–water partition coefficient (Wildman–Crippen LogP) is 5.39. The fraction of sp³-hybridized carbons (Fsp3) is 0.562. The van der Waals surface area contributed by atoms with E-state index in [9.17, 15) is 0 Å². The summed E-state index contributed by atoms with van der Waals surface area (Å²) in [6.45, 7) is 9.66. The summed E-state index contributed by atoms with van der Waals surface area (Å²) in [4.78, 5) is 22.9. The predicted molar refractivity (Wildman–Crippen MR) is 167 cm³/mol. The second kappa shape index (κ2) is 12.4. The van der Waals surface area contributed by atoms with E-state index in [1.165, 1.54) is 48.2 Å². The highest BCUT2D eigenvalue weighted by Gasteiger charge is 2.29. The second-order valence-corrected chi connectivity index (χ2v) is 13.1. The molecule has 5 heterocycles. The summed E-state index contributed by atoms with van der Waals surface area (Å²) in [6.07, 6.45) is 8.60. The first-order valence-electron chi connectivity index (χ1n) is 15.4. The second-order valence-electron chi connectivity index (χ2n) is 11.9. The van der Waals surface area contributed by atoms with Crippen molar-refractivity contribution in [1.29, 1.82) is 0 Å². The van der Waals surface area contributed by atoms with Crippen LogP contribution in [0.2, 0.25) is 0 Å². The van der Waals surface area contributed by atoms with Crippen LogP contribution in [0.15, 0.2) is 36.5 Å². The molecule has 3 fully saturated rings. The fourth-order valence-electron chi connectivity index (χ4n) is 6.58. The molecule has 2 saturated heterocycles. The number of thiophene rings is 1. The number of aromatic amines is 1. The van der Waals surface area contributed by atoms with E-state index in [-0.39, 0.29) is 0 Å². The van der Waals surface area contributed by atoms with Gasteiger partial charge in [0, 0.05) is 80.0 Å². The SMILES string of the molecule is COCCN(CC1CC1)C1CCCN(Cc2cc3nc(-c4cccc5[nH]ccc45)nc(N4CCOCC4)c3s2)CC1. The lowest BCUT2D eigenvalue weighted by Gasteiger charge is -2.31. The molecule has 0 radical (unpaired) electrons. The molecule has 4 aromatic rings. The van der Waals surface area contributed by atoms with Gasteiger partial charge in [-0.3, -0.25) is 9.80 Å². The minimum absolute atomic E-state index is 0.677. The van der Waals surface area contributed by atoms with Crippen LogP contribution in [0.4, 0.5) is 5.82 Å². The quantitative estimate of drug-likeness (QED) is 0.272. The van der Waals surface area contributed by atoms with Crippen molar-refractivity contribution in [3.8, 4) is 11.4 Å². The number of hydrogen-bond acceptors (Lipinski definition) is 8. The minimum atomic E-state index is 0.677. The van der Waals surface area contributed by atoms with Crippen LogP contribution >= 0.6 is 11.3 Å². The highest BCUT2D eigenvalue weighted by Crippen LogP contribution is 2.37. The standard InChI is InChI=1S/C32H42N6O2S/c1-39-17-14-38(21-23-7-8-23)24-4-3-12-36(13-10-24)22-25-20-29-30(41-25)32(37-15-18-40-19-16-37)35-31(34-29)27-5-2-6-28-26(27)9-11-33-28/h2,5-6,9,11,20,23-24,33H,3-4,7-8,10,12-19,21-22H2,1H3. The summed E-state index contributed by atoms with van der Waals surface area (Å²) >= 11 is 1.88. The lowest BCUT2D eigenvalue weighted by atomic mass is 10.1. The van der Waals surface area contributed by atoms with Gasteiger partial charge in [-0.15, -0.1) is 11.3 Å². The molecule has 1 atom stereocenters. The van der Waals surface area contributed by atoms with Gasteiger partial charge in [-0.25, -0.2) is 9.97 Å². The van der Waals surface area contributed by atoms with E-state index in [0.717, 1.165) is 98.6 Å². The summed E-state index contributed by atoms with van der Waals surface area (Å²) < 4.78 is 12.3. The molecule has 0 bridgehead atoms. The first-order chi connectivity index (χ1) is 20.2. The van der Waals surface area contributed by atoms with Gasteiger partial charge >= 0.3 is 0 Å². The number of likely N-dealkylation sites (tertiary alicyclic amines) is 1. The van der Waals surface area contributed by atoms with Crippen molar-refractivity contribution in [1.82, 2.24) is 24.8 Å². The monoisotopic (exact) mass is 574 g/mol. The number of nitrogens with one attached hydrogen (secondary N) is 1. The molecule has 7 rings (SSSR count). The molecule has 41 heavy (non-hydrogen) atoms. The topological polar surface area (TPSA) is 69.8 Å². The van der Waals surface area contributed by atoms with Crippen molar-refractivity contribution in [2.24, 2.45) is 5.92 Å². The van der Waals surface area contributed by atoms with Crippen LogP contribution in [0.3, 0.4) is 0 Å². The highest BCUT2D eigenvalue weighted by molar-refractivity contribution is 7.19. The first kappa shape index (κ1) is 27.3. The molecule has 8 nitrogen and oxygen atoms in total. The number of H-pyrrole nitrogens is 1. The molecular weight excluding hydrogens is 532 g/mol. The van der Waals surface area contributed by atoms with Crippen LogP contribution in [0, 0.1) is 5.92 Å². The molecule has 3 aliphatic rings. The molecule has 1 unspecified atom stereocenters. The number of rotatable bonds is 10. The number of nitrogens with zero attached hydrogens (tertiary/aromatic N) is 5. The third kappa shape index (κ3) is 6.15. The van der Waals surface area contributed by atoms with Gasteiger partial charge in [0.2, 0.25) is 0 Å². The third-order valence-corrected chi connectivity index (χ3v) is 10.1. The molecule has 0 spiro atoms. The van der Waals surface area contributed by atoms with Gasteiger partial charge in [0.15, 0.2) is 11.6 Å². The van der Waals surface area contributed by atoms with Gasteiger partial charge in [0.05, 0.1) is 30.0 Å². The number of methoxy groups -OCH3 is 1. The number of morpholine rings is 1. The maximum absolute atomic E-state index is 5.68. The Labute approximate surface area is 246 Å². The summed E-state index contributed by atoms with van der Waals surface area (Å²) in [6, 6.07) is 11.5. The van der Waals surface area contributed by atoms with Crippen molar-refractivity contribution in [2.75, 3.05) is 71.1 Å². The largest absolute Gasteiger partial charge is 0.383 e. The van der Waals surface area contributed by atoms with E-state index in [1.807, 2.05) is 24.6 Å². The van der Waals surface area contributed by atoms with E-state index in [0.29, 0.717) is 6.04 Å². The average Bonchev–Trinajstić information content (AvgIpc) is 3.60. The summed E-state index contributed by atoms with van der Waals surface area (Å²) in [5.74, 6) is 2.78. The van der Waals surface area contributed by atoms with Crippen molar-refractivity contribution in [2.45, 2.75) is 44.7 Å². The van der Waals surface area contributed by atoms with E-state index in [1.54, 1.807) is 0 Å². The van der Waals surface area contributed by atoms with Crippen LogP contribution in [0.25, 0.3) is 32.5 Å². The van der Waals surface area contributed by atoms with E-state index in [2.05, 4.69) is 50.0 Å². The average molecular weight is 575 g/mol. The lowest BCUT2D eigenvalue weighted by Crippen LogP contribution is -2.39. The lowest BCUT2D eigenvalue weighted by molar-refractivity contribution is 0.108. The Hall–Kier alpha value is -2.56. The van der Waals surface area contributed by atoms with Crippen molar-refractivity contribution in [3.63, 3.8) is 0 Å². The Morgan fingerprint density at radius 1 is 1.07 bits per heavy atom. The molecule has 0 amide bonds. The maximum atomic E-state index is 5.68. The maximum Gasteiger partial charge on any atom is 0.162 e. The zero-order valence-electron chi connectivity index (χ0n) is 24.2. The molecule has 9 heteroatoms. The molecular formula is C32H42N6O2S. The Balaban J connectivity index is 1.13. The minimum Gasteiger partial charge on any atom is -0.383 e. The zero-order chi connectivity index (χ0) is 27.6. The number of hydrogen-bond donors (Lipinski definition) is 1. The number of ether oxygens (including phenoxy) is 2. The Kier molecular flexibility index (Phi) is 8.22. The van der Waals surface area contributed by atoms with Crippen LogP contribution < -0.4 is 4.90 Å². The van der Waals surface area contributed by atoms with Gasteiger partial charge in [-0.05, 0) is 62.8 Å². The smallest absolute Gasteiger partial charge is 0.162 e. The number of aromatic nitrogens is 3. The number of benzene rings is 1. The van der Waals surface area contributed by atoms with E-state index < -0.39 is 0 Å². The van der Waals surface area contributed by atoms with Crippen LogP contribution in [-0.4, -0.2) is 97.0 Å². The third-order valence-electron chi connectivity index (χ3n) is 9.01. The van der Waals surface area contributed by atoms with Gasteiger partial charge in [0.1, 0.15) is 0 Å². The molecule has 1 aliphatic carbocycles. The Bertz CT molecular complexity index is 1460. The number of anilines is 1. The summed E-state index contributed by atoms with van der Waals surface area (Å²) in [7, 11) is 1.83. The van der Waals surface area contributed by atoms with E-state index in [4.69, 9.17) is 19.4 Å².